The molecule has 0 unspecified atom stereocenters. The Hall–Kier alpha value is 1.72. The predicted molar refractivity (Wildman–Crippen MR) is 27.8 cm³/mol. The van der Waals surface area contributed by atoms with Gasteiger partial charge in [0.1, 0.15) is 0 Å². The van der Waals surface area contributed by atoms with E-state index in [1.165, 1.54) is 0 Å². The van der Waals surface area contributed by atoms with Crippen LogP contribution in [0.4, 0.5) is 0 Å². The summed E-state index contributed by atoms with van der Waals surface area (Å²) in [5, 5.41) is 0. The van der Waals surface area contributed by atoms with Gasteiger partial charge >= 0.3 is 58.2 Å². The molecule has 0 fully saturated rings. The third-order valence-electron chi connectivity index (χ3n) is 0.462. The van der Waals surface area contributed by atoms with Crippen molar-refractivity contribution < 1.29 is 72.6 Å². The second-order valence-electron chi connectivity index (χ2n) is 1.29. The van der Waals surface area contributed by atoms with Gasteiger partial charge in [0.05, 0.1) is 5.75 Å². The summed E-state index contributed by atoms with van der Waals surface area (Å²) in [5.41, 5.74) is 0. The minimum absolute atomic E-state index is 0. The summed E-state index contributed by atoms with van der Waals surface area (Å²) >= 11 is 0. The monoisotopic (exact) mass is 210 g/mol. The van der Waals surface area contributed by atoms with E-state index in [1.807, 2.05) is 0 Å². The molecule has 0 bridgehead atoms. The molecule has 3 nitrogen and oxygen atoms in total. The number of hydrogen-bond donors (Lipinski definition) is 1. The normalized spacial score (nSPS) is 10.2. The smallest absolute Gasteiger partial charge is 1.00 e. The van der Waals surface area contributed by atoms with Gasteiger partial charge in [-0.05, 0) is 6.42 Å². The Balaban J connectivity index is -0.000000180. The van der Waals surface area contributed by atoms with E-state index in [0.29, 0.717) is 6.42 Å². The molecular weight excluding hydrogens is 202 g/mol. The van der Waals surface area contributed by atoms with Crippen molar-refractivity contribution in [2.45, 2.75) is 13.3 Å². The summed E-state index contributed by atoms with van der Waals surface area (Å²) in [6, 6.07) is 0. The maximum atomic E-state index is 9.79. The molecule has 1 N–H and O–H groups in total. The van der Waals surface area contributed by atoms with Crippen LogP contribution in [0.2, 0.25) is 0 Å². The van der Waals surface area contributed by atoms with Crippen LogP contribution in [0, 0.1) is 0 Å². The molecule has 8 heavy (non-hydrogen) atoms. The summed E-state index contributed by atoms with van der Waals surface area (Å²) in [4.78, 5) is 0. The van der Waals surface area contributed by atoms with Gasteiger partial charge in [0.15, 0.2) is 0 Å². The van der Waals surface area contributed by atoms with Crippen LogP contribution in [0.1, 0.15) is 14.8 Å². The van der Waals surface area contributed by atoms with E-state index in [2.05, 4.69) is 0 Å². The van der Waals surface area contributed by atoms with Crippen LogP contribution in [0.25, 0.3) is 0 Å². The van der Waals surface area contributed by atoms with Crippen molar-refractivity contribution in [1.82, 2.24) is 0 Å². The van der Waals surface area contributed by atoms with Crippen LogP contribution in [-0.4, -0.2) is 18.7 Å². The quantitative estimate of drug-likeness (QED) is 0.509. The summed E-state index contributed by atoms with van der Waals surface area (Å²) in [7, 11) is -3.67. The molecule has 0 spiro atoms. The first kappa shape index (κ1) is 12.4. The molecule has 0 heterocycles. The summed E-state index contributed by atoms with van der Waals surface area (Å²) < 4.78 is 27.6. The van der Waals surface area contributed by atoms with E-state index < -0.39 is 10.1 Å². The van der Waals surface area contributed by atoms with Crippen LogP contribution in [0.5, 0.6) is 0 Å². The second kappa shape index (κ2) is 5.50. The molecule has 0 atom stereocenters. The molecule has 0 rings (SSSR count). The van der Waals surface area contributed by atoms with E-state index in [-0.39, 0.29) is 65.4 Å². The Kier molecular flexibility index (Phi) is 8.52. The first-order valence-corrected chi connectivity index (χ1v) is 3.62. The molecule has 0 aromatic heterocycles. The fourth-order valence-corrected chi connectivity index (χ4v) is 0.774. The number of rotatable bonds is 2. The van der Waals surface area contributed by atoms with Crippen LogP contribution in [-0.2, 0) is 10.1 Å². The average molecular weight is 211 g/mol. The molecule has 0 saturated heterocycles. The molecule has 46 valence electrons. The molecule has 0 aliphatic carbocycles. The maximum Gasteiger partial charge on any atom is 1.00 e. The van der Waals surface area contributed by atoms with E-state index >= 15 is 0 Å². The van der Waals surface area contributed by atoms with Crippen LogP contribution in [0.15, 0.2) is 0 Å². The molecule has 0 aromatic rings. The van der Waals surface area contributed by atoms with E-state index in [9.17, 15) is 8.42 Å². The van der Waals surface area contributed by atoms with Gasteiger partial charge < -0.3 is 1.43 Å². The summed E-state index contributed by atoms with van der Waals surface area (Å²) in [5.74, 6) is -0.132. The van der Waals surface area contributed by atoms with Gasteiger partial charge in [-0.2, -0.15) is 8.42 Å². The zero-order valence-corrected chi connectivity index (χ0v) is 10.8. The molecule has 5 heteroatoms. The SMILES string of the molecule is CCCS(=O)(=O)O.[H-].[Rb+]. The fraction of sp³-hybridized carbons (Fsp3) is 1.00. The fourth-order valence-electron chi connectivity index (χ4n) is 0.258. The Morgan fingerprint density at radius 2 is 2.00 bits per heavy atom. The van der Waals surface area contributed by atoms with Gasteiger partial charge in [-0.1, -0.05) is 6.92 Å². The van der Waals surface area contributed by atoms with Crippen molar-refractivity contribution in [1.29, 1.82) is 0 Å². The van der Waals surface area contributed by atoms with Gasteiger partial charge in [-0.3, -0.25) is 4.55 Å². The van der Waals surface area contributed by atoms with Gasteiger partial charge in [0, 0.05) is 0 Å². The topological polar surface area (TPSA) is 54.4 Å². The Morgan fingerprint density at radius 1 is 1.62 bits per heavy atom. The van der Waals surface area contributed by atoms with Crippen LogP contribution < -0.4 is 58.2 Å². The maximum absolute atomic E-state index is 9.79. The van der Waals surface area contributed by atoms with E-state index in [4.69, 9.17) is 4.55 Å². The molecule has 0 radical (unpaired) electrons. The minimum atomic E-state index is -3.67. The Bertz CT molecular complexity index is 132. The zero-order chi connectivity index (χ0) is 5.91. The minimum Gasteiger partial charge on any atom is -1.00 e. The van der Waals surface area contributed by atoms with Crippen LogP contribution in [0.3, 0.4) is 0 Å². The second-order valence-corrected chi connectivity index (χ2v) is 2.86. The molecule has 0 aliphatic heterocycles. The van der Waals surface area contributed by atoms with Crippen molar-refractivity contribution >= 4 is 10.1 Å². The standard InChI is InChI=1S/C3H8O3S.Rb.H/c1-2-3-7(4,5)6;;/h2-3H2,1H3,(H,4,5,6);;/q;+1;-1. The Labute approximate surface area is 99.9 Å². The average Bonchev–Trinajstić information content (AvgIpc) is 1.30. The summed E-state index contributed by atoms with van der Waals surface area (Å²) in [6.07, 6.45) is 0.471. The first-order valence-electron chi connectivity index (χ1n) is 2.01. The molecular formula is C3H9O3RbS. The van der Waals surface area contributed by atoms with Gasteiger partial charge in [-0.15, -0.1) is 0 Å². The first-order chi connectivity index (χ1) is 3.06. The van der Waals surface area contributed by atoms with E-state index in [1.54, 1.807) is 6.92 Å². The third-order valence-corrected chi connectivity index (χ3v) is 1.39. The Morgan fingerprint density at radius 3 is 2.00 bits per heavy atom. The molecule has 0 saturated carbocycles. The van der Waals surface area contributed by atoms with Crippen LogP contribution >= 0.6 is 0 Å². The summed E-state index contributed by atoms with van der Waals surface area (Å²) in [6.45, 7) is 1.69. The van der Waals surface area contributed by atoms with Gasteiger partial charge in [-0.25, -0.2) is 0 Å². The zero-order valence-electron chi connectivity index (χ0n) is 6.09. The number of hydrogen-bond acceptors (Lipinski definition) is 2. The third kappa shape index (κ3) is 10.7. The predicted octanol–water partition coefficient (Wildman–Crippen LogP) is -2.60. The molecule has 0 aromatic carbocycles. The molecule has 0 amide bonds. The van der Waals surface area contributed by atoms with Crippen molar-refractivity contribution in [3.8, 4) is 0 Å². The van der Waals surface area contributed by atoms with Crippen molar-refractivity contribution in [3.63, 3.8) is 0 Å². The van der Waals surface area contributed by atoms with Crippen molar-refractivity contribution in [2.75, 3.05) is 5.75 Å². The van der Waals surface area contributed by atoms with Crippen molar-refractivity contribution in [2.24, 2.45) is 0 Å². The van der Waals surface area contributed by atoms with Crippen molar-refractivity contribution in [3.05, 3.63) is 0 Å². The van der Waals surface area contributed by atoms with E-state index in [0.717, 1.165) is 0 Å². The van der Waals surface area contributed by atoms with Gasteiger partial charge in [0.2, 0.25) is 0 Å². The largest absolute Gasteiger partial charge is 1.00 e. The molecule has 0 aliphatic rings. The van der Waals surface area contributed by atoms with Gasteiger partial charge in [0.25, 0.3) is 10.1 Å².